The Labute approximate surface area is 366 Å². The van der Waals surface area contributed by atoms with E-state index in [0.29, 0.717) is 6.42 Å². The van der Waals surface area contributed by atoms with Crippen molar-refractivity contribution in [2.24, 2.45) is 0 Å². The second-order valence-corrected chi connectivity index (χ2v) is 18.5. The minimum Gasteiger partial charge on any atom is -0.394 e. The minimum absolute atomic E-state index is 0.261. The molecule has 60 heavy (non-hydrogen) atoms. The quantitative estimate of drug-likeness (QED) is 0.0194. The lowest BCUT2D eigenvalue weighted by molar-refractivity contribution is -0.298. The third-order valence-corrected chi connectivity index (χ3v) is 12.3. The van der Waals surface area contributed by atoms with Crippen molar-refractivity contribution in [1.29, 1.82) is 0 Å². The number of allylic oxidation sites excluding steroid dienone is 1. The van der Waals surface area contributed by atoms with E-state index in [2.05, 4.69) is 23.3 Å². The molecule has 1 saturated heterocycles. The van der Waals surface area contributed by atoms with Crippen LogP contribution in [0.2, 0.25) is 0 Å². The number of hydrogen-bond acceptors (Lipinski definition) is 10. The summed E-state index contributed by atoms with van der Waals surface area (Å²) in [5, 5.41) is 44.7. The highest BCUT2D eigenvalue weighted by atomic mass is 32.3. The first-order valence-corrected chi connectivity index (χ1v) is 25.9. The van der Waals surface area contributed by atoms with Crippen LogP contribution in [0.15, 0.2) is 12.2 Å². The Kier molecular flexibility index (Phi) is 36.3. The zero-order valence-electron chi connectivity index (χ0n) is 38.0. The molecule has 6 N–H and O–H groups in total. The Bertz CT molecular complexity index is 1130. The first-order valence-electron chi connectivity index (χ1n) is 24.6. The molecule has 1 aliphatic rings. The summed E-state index contributed by atoms with van der Waals surface area (Å²) in [6.07, 6.45) is 34.0. The van der Waals surface area contributed by atoms with E-state index in [1.54, 1.807) is 6.08 Å². The van der Waals surface area contributed by atoms with Gasteiger partial charge in [0.2, 0.25) is 5.91 Å². The van der Waals surface area contributed by atoms with Gasteiger partial charge in [-0.15, -0.1) is 0 Å². The van der Waals surface area contributed by atoms with Gasteiger partial charge in [-0.25, -0.2) is 4.18 Å². The zero-order valence-corrected chi connectivity index (χ0v) is 38.9. The molecule has 12 nitrogen and oxygen atoms in total. The van der Waals surface area contributed by atoms with Gasteiger partial charge in [-0.1, -0.05) is 212 Å². The van der Waals surface area contributed by atoms with Crippen LogP contribution in [0.3, 0.4) is 0 Å². The highest BCUT2D eigenvalue weighted by Gasteiger charge is 2.48. The molecule has 7 atom stereocenters. The fourth-order valence-electron chi connectivity index (χ4n) is 7.98. The fourth-order valence-corrected chi connectivity index (χ4v) is 8.49. The molecule has 0 aliphatic carbocycles. The largest absolute Gasteiger partial charge is 0.397 e. The summed E-state index contributed by atoms with van der Waals surface area (Å²) in [7, 11) is -5.08. The second kappa shape index (κ2) is 38.3. The van der Waals surface area contributed by atoms with Crippen molar-refractivity contribution >= 4 is 16.3 Å². The lowest BCUT2D eigenvalue weighted by atomic mass is 9.99. The second-order valence-electron chi connectivity index (χ2n) is 17.4. The van der Waals surface area contributed by atoms with Gasteiger partial charge in [-0.05, 0) is 19.3 Å². The molecule has 0 saturated carbocycles. The van der Waals surface area contributed by atoms with Gasteiger partial charge in [0.05, 0.1) is 25.4 Å². The van der Waals surface area contributed by atoms with Gasteiger partial charge >= 0.3 is 10.4 Å². The van der Waals surface area contributed by atoms with Crippen LogP contribution in [0.5, 0.6) is 0 Å². The molecule has 0 aromatic rings. The maximum atomic E-state index is 13.0. The lowest BCUT2D eigenvalue weighted by Gasteiger charge is -2.41. The van der Waals surface area contributed by atoms with E-state index < -0.39 is 59.9 Å². The number of carbonyl (C=O) groups excluding carboxylic acids is 1. The SMILES string of the molecule is CCCCCCCCCCCCCCCCCCCCC/C=C/C(O)C(COC1OC(CO)C(O)C(OS(=O)(=O)O)C1O)NC(=O)CCCCCCCCCCCCCC. The van der Waals surface area contributed by atoms with Crippen LogP contribution in [-0.4, -0.2) is 95.4 Å². The minimum atomic E-state index is -5.08. The van der Waals surface area contributed by atoms with Crippen LogP contribution in [0.1, 0.15) is 226 Å². The molecular weight excluding hydrogens is 787 g/mol. The summed E-state index contributed by atoms with van der Waals surface area (Å²) >= 11 is 0. The van der Waals surface area contributed by atoms with Crippen LogP contribution in [0.4, 0.5) is 0 Å². The number of amides is 1. The molecular formula is C47H91NO11S. The molecule has 0 aromatic heterocycles. The molecule has 1 amide bonds. The third-order valence-electron chi connectivity index (χ3n) is 11.8. The number of unbranched alkanes of at least 4 members (excludes halogenated alkanes) is 30. The zero-order chi connectivity index (χ0) is 44.1. The topological polar surface area (TPSA) is 192 Å². The Morgan fingerprint density at radius 2 is 1.05 bits per heavy atom. The van der Waals surface area contributed by atoms with E-state index in [9.17, 15) is 38.2 Å². The maximum absolute atomic E-state index is 13.0. The Morgan fingerprint density at radius 1 is 0.650 bits per heavy atom. The van der Waals surface area contributed by atoms with E-state index in [-0.39, 0.29) is 18.9 Å². The monoisotopic (exact) mass is 878 g/mol. The molecule has 0 spiro atoms. The normalized spacial score (nSPS) is 20.8. The van der Waals surface area contributed by atoms with Crippen LogP contribution in [0.25, 0.3) is 0 Å². The van der Waals surface area contributed by atoms with Gasteiger partial charge in [0.1, 0.15) is 24.4 Å². The highest BCUT2D eigenvalue weighted by molar-refractivity contribution is 7.80. The van der Waals surface area contributed by atoms with Gasteiger partial charge < -0.3 is 35.2 Å². The number of nitrogens with one attached hydrogen (secondary N) is 1. The van der Waals surface area contributed by atoms with Gasteiger partial charge in [0.25, 0.3) is 0 Å². The first-order chi connectivity index (χ1) is 29.0. The lowest BCUT2D eigenvalue weighted by Crippen LogP contribution is -2.61. The predicted molar refractivity (Wildman–Crippen MR) is 241 cm³/mol. The van der Waals surface area contributed by atoms with Crippen LogP contribution in [0, 0.1) is 0 Å². The maximum Gasteiger partial charge on any atom is 0.397 e. The van der Waals surface area contributed by atoms with Crippen LogP contribution < -0.4 is 5.32 Å². The third kappa shape index (κ3) is 30.8. The van der Waals surface area contributed by atoms with Gasteiger partial charge in [-0.2, -0.15) is 8.42 Å². The molecule has 1 aliphatic heterocycles. The van der Waals surface area contributed by atoms with E-state index in [0.717, 1.165) is 38.5 Å². The van der Waals surface area contributed by atoms with Crippen molar-refractivity contribution in [1.82, 2.24) is 5.32 Å². The van der Waals surface area contributed by atoms with Crippen molar-refractivity contribution in [2.75, 3.05) is 13.2 Å². The Balaban J connectivity index is 2.45. The molecule has 1 fully saturated rings. The molecule has 356 valence electrons. The summed E-state index contributed by atoms with van der Waals surface area (Å²) in [4.78, 5) is 13.0. The molecule has 0 aromatic carbocycles. The molecule has 0 radical (unpaired) electrons. The van der Waals surface area contributed by atoms with Gasteiger partial charge in [0, 0.05) is 6.42 Å². The van der Waals surface area contributed by atoms with E-state index in [1.165, 1.54) is 161 Å². The van der Waals surface area contributed by atoms with Crippen LogP contribution >= 0.6 is 0 Å². The molecule has 1 heterocycles. The summed E-state index contributed by atoms with van der Waals surface area (Å²) < 4.78 is 47.6. The molecule has 0 bridgehead atoms. The van der Waals surface area contributed by atoms with Gasteiger partial charge in [0.15, 0.2) is 6.29 Å². The molecule has 7 unspecified atom stereocenters. The Hall–Kier alpha value is -1.16. The first kappa shape index (κ1) is 56.9. The Morgan fingerprint density at radius 3 is 1.45 bits per heavy atom. The number of aliphatic hydroxyl groups is 4. The standard InChI is InChI=1S/C47H91NO11S/c1-3-5-7-9-11-13-15-17-18-19-20-21-22-23-24-25-26-28-30-32-34-36-41(50)40(48-43(51)37-35-33-31-29-27-16-14-12-10-8-6-4-2)39-57-47-45(53)46(59-60(54,55)56)44(52)42(38-49)58-47/h34,36,40-42,44-47,49-50,52-53H,3-33,35,37-39H2,1-2H3,(H,48,51)(H,54,55,56)/b36-34+. The number of carbonyl (C=O) groups is 1. The van der Waals surface area contributed by atoms with Crippen molar-refractivity contribution < 1.29 is 51.8 Å². The smallest absolute Gasteiger partial charge is 0.394 e. The highest BCUT2D eigenvalue weighted by Crippen LogP contribution is 2.26. The number of hydrogen-bond donors (Lipinski definition) is 6. The van der Waals surface area contributed by atoms with Crippen LogP contribution in [-0.2, 0) is 28.9 Å². The molecule has 13 heteroatoms. The summed E-state index contributed by atoms with van der Waals surface area (Å²) in [5.41, 5.74) is 0. The molecule has 1 rings (SSSR count). The van der Waals surface area contributed by atoms with E-state index in [4.69, 9.17) is 9.47 Å². The van der Waals surface area contributed by atoms with Crippen molar-refractivity contribution in [3.63, 3.8) is 0 Å². The average molecular weight is 878 g/mol. The van der Waals surface area contributed by atoms with Crippen molar-refractivity contribution in [3.8, 4) is 0 Å². The van der Waals surface area contributed by atoms with Crippen molar-refractivity contribution in [2.45, 2.75) is 269 Å². The number of aliphatic hydroxyl groups excluding tert-OH is 4. The average Bonchev–Trinajstić information content (AvgIpc) is 3.22. The summed E-state index contributed by atoms with van der Waals surface area (Å²) in [5.74, 6) is -0.261. The van der Waals surface area contributed by atoms with Gasteiger partial charge in [-0.3, -0.25) is 9.35 Å². The summed E-state index contributed by atoms with van der Waals surface area (Å²) in [6.45, 7) is 3.40. The summed E-state index contributed by atoms with van der Waals surface area (Å²) in [6, 6.07) is -0.938. The fraction of sp³-hybridized carbons (Fsp3) is 0.936. The van der Waals surface area contributed by atoms with E-state index in [1.807, 2.05) is 6.08 Å². The number of ether oxygens (including phenoxy) is 2. The predicted octanol–water partition coefficient (Wildman–Crippen LogP) is 9.95. The number of rotatable bonds is 42. The van der Waals surface area contributed by atoms with Crippen molar-refractivity contribution in [3.05, 3.63) is 12.2 Å². The van der Waals surface area contributed by atoms with E-state index >= 15 is 0 Å².